The molecule has 0 saturated heterocycles. The number of halogens is 3. The molecule has 2 unspecified atom stereocenters. The Hall–Kier alpha value is -2.31. The molecular formula is C13H10F3NO3. The molecule has 106 valence electrons. The van der Waals surface area contributed by atoms with Gasteiger partial charge in [-0.05, 0) is 6.42 Å². The number of carboxylic acid groups (broad SMARTS) is 1. The molecule has 0 spiro atoms. The van der Waals surface area contributed by atoms with Crippen molar-refractivity contribution in [2.24, 2.45) is 5.92 Å². The fourth-order valence-electron chi connectivity index (χ4n) is 1.99. The van der Waals surface area contributed by atoms with Gasteiger partial charge in [0, 0.05) is 18.2 Å². The van der Waals surface area contributed by atoms with E-state index in [1.807, 2.05) is 0 Å². The van der Waals surface area contributed by atoms with E-state index in [1.54, 1.807) is 0 Å². The standard InChI is InChI=1S/C13H10F3NO3/c14-7-4-9(15)11(10(16)5-7)12(18)17-8-2-1-6(3-8)13(19)20/h1-2,4-6,8H,3H2,(H,17,18)(H,19,20). The van der Waals surface area contributed by atoms with E-state index in [2.05, 4.69) is 5.32 Å². The fourth-order valence-corrected chi connectivity index (χ4v) is 1.99. The Bertz CT molecular complexity index is 578. The summed E-state index contributed by atoms with van der Waals surface area (Å²) in [7, 11) is 0. The first kappa shape index (κ1) is 14.1. The summed E-state index contributed by atoms with van der Waals surface area (Å²) in [6.07, 6.45) is 2.94. The summed E-state index contributed by atoms with van der Waals surface area (Å²) in [5, 5.41) is 11.1. The van der Waals surface area contributed by atoms with Crippen molar-refractivity contribution >= 4 is 11.9 Å². The SMILES string of the molecule is O=C(NC1C=CC(C(=O)O)C1)c1c(F)cc(F)cc1F. The third-order valence-electron chi connectivity index (χ3n) is 2.95. The Morgan fingerprint density at radius 3 is 2.25 bits per heavy atom. The maximum atomic E-state index is 13.4. The lowest BCUT2D eigenvalue weighted by Crippen LogP contribution is -2.34. The van der Waals surface area contributed by atoms with Crippen molar-refractivity contribution in [2.75, 3.05) is 0 Å². The lowest BCUT2D eigenvalue weighted by Gasteiger charge is -2.13. The molecule has 4 nitrogen and oxygen atoms in total. The van der Waals surface area contributed by atoms with E-state index < -0.39 is 46.9 Å². The zero-order chi connectivity index (χ0) is 14.9. The number of carboxylic acids is 1. The number of carbonyl (C=O) groups excluding carboxylic acids is 1. The Morgan fingerprint density at radius 1 is 1.15 bits per heavy atom. The molecule has 1 aliphatic rings. The zero-order valence-electron chi connectivity index (χ0n) is 10.1. The summed E-state index contributed by atoms with van der Waals surface area (Å²) < 4.78 is 39.5. The van der Waals surface area contributed by atoms with Gasteiger partial charge >= 0.3 is 5.97 Å². The van der Waals surface area contributed by atoms with E-state index in [1.165, 1.54) is 12.2 Å². The molecule has 7 heteroatoms. The van der Waals surface area contributed by atoms with Gasteiger partial charge in [-0.2, -0.15) is 0 Å². The van der Waals surface area contributed by atoms with E-state index in [0.29, 0.717) is 12.1 Å². The highest BCUT2D eigenvalue weighted by Gasteiger charge is 2.27. The topological polar surface area (TPSA) is 66.4 Å². The molecule has 1 aromatic carbocycles. The summed E-state index contributed by atoms with van der Waals surface area (Å²) in [6, 6.07) is 0.179. The highest BCUT2D eigenvalue weighted by atomic mass is 19.1. The van der Waals surface area contributed by atoms with Crippen LogP contribution in [0.5, 0.6) is 0 Å². The minimum Gasteiger partial charge on any atom is -0.481 e. The van der Waals surface area contributed by atoms with Gasteiger partial charge in [0.15, 0.2) is 0 Å². The summed E-state index contributed by atoms with van der Waals surface area (Å²) in [6.45, 7) is 0. The average Bonchev–Trinajstić information content (AvgIpc) is 2.75. The minimum absolute atomic E-state index is 0.103. The van der Waals surface area contributed by atoms with Crippen molar-refractivity contribution in [3.05, 3.63) is 47.3 Å². The van der Waals surface area contributed by atoms with Gasteiger partial charge in [0.25, 0.3) is 5.91 Å². The third-order valence-corrected chi connectivity index (χ3v) is 2.95. The van der Waals surface area contributed by atoms with Crippen LogP contribution in [0.15, 0.2) is 24.3 Å². The van der Waals surface area contributed by atoms with Crippen LogP contribution in [-0.4, -0.2) is 23.0 Å². The largest absolute Gasteiger partial charge is 0.481 e. The number of hydrogen-bond acceptors (Lipinski definition) is 2. The Labute approximate surface area is 111 Å². The van der Waals surface area contributed by atoms with Gasteiger partial charge in [-0.1, -0.05) is 12.2 Å². The quantitative estimate of drug-likeness (QED) is 0.833. The Morgan fingerprint density at radius 2 is 1.75 bits per heavy atom. The molecule has 0 aliphatic heterocycles. The number of amides is 1. The van der Waals surface area contributed by atoms with Gasteiger partial charge in [0.05, 0.1) is 5.92 Å². The van der Waals surface area contributed by atoms with Crippen molar-refractivity contribution < 1.29 is 27.9 Å². The summed E-state index contributed by atoms with van der Waals surface area (Å²) in [5.74, 6) is -6.59. The monoisotopic (exact) mass is 285 g/mol. The molecular weight excluding hydrogens is 275 g/mol. The molecule has 2 rings (SSSR count). The van der Waals surface area contributed by atoms with Crippen LogP contribution >= 0.6 is 0 Å². The molecule has 0 aromatic heterocycles. The molecule has 1 amide bonds. The maximum absolute atomic E-state index is 13.4. The summed E-state index contributed by atoms with van der Waals surface area (Å²) >= 11 is 0. The molecule has 0 radical (unpaired) electrons. The average molecular weight is 285 g/mol. The van der Waals surface area contributed by atoms with Gasteiger partial charge < -0.3 is 10.4 Å². The highest BCUT2D eigenvalue weighted by Crippen LogP contribution is 2.20. The lowest BCUT2D eigenvalue weighted by atomic mass is 10.1. The van der Waals surface area contributed by atoms with Crippen molar-refractivity contribution in [2.45, 2.75) is 12.5 Å². The molecule has 1 aliphatic carbocycles. The van der Waals surface area contributed by atoms with Crippen LogP contribution in [0.1, 0.15) is 16.8 Å². The van der Waals surface area contributed by atoms with Crippen molar-refractivity contribution in [1.29, 1.82) is 0 Å². The first-order valence-electron chi connectivity index (χ1n) is 5.75. The highest BCUT2D eigenvalue weighted by molar-refractivity contribution is 5.95. The van der Waals surface area contributed by atoms with Gasteiger partial charge in [-0.25, -0.2) is 13.2 Å². The van der Waals surface area contributed by atoms with Crippen LogP contribution in [0.4, 0.5) is 13.2 Å². The van der Waals surface area contributed by atoms with Crippen LogP contribution < -0.4 is 5.32 Å². The predicted octanol–water partition coefficient (Wildman–Crippen LogP) is 1.86. The van der Waals surface area contributed by atoms with E-state index in [4.69, 9.17) is 5.11 Å². The van der Waals surface area contributed by atoms with Crippen molar-refractivity contribution in [3.63, 3.8) is 0 Å². The maximum Gasteiger partial charge on any atom is 0.310 e. The molecule has 0 fully saturated rings. The van der Waals surface area contributed by atoms with Crippen LogP contribution in [0.25, 0.3) is 0 Å². The van der Waals surface area contributed by atoms with Gasteiger partial charge in [0.1, 0.15) is 23.0 Å². The molecule has 0 bridgehead atoms. The molecule has 1 aromatic rings. The number of aliphatic carboxylic acids is 1. The van der Waals surface area contributed by atoms with E-state index in [-0.39, 0.29) is 6.42 Å². The van der Waals surface area contributed by atoms with Crippen LogP contribution in [0.2, 0.25) is 0 Å². The Kier molecular flexibility index (Phi) is 3.78. The second-order valence-electron chi connectivity index (χ2n) is 4.39. The normalized spacial score (nSPS) is 20.9. The van der Waals surface area contributed by atoms with Gasteiger partial charge in [0.2, 0.25) is 0 Å². The van der Waals surface area contributed by atoms with Crippen molar-refractivity contribution in [1.82, 2.24) is 5.32 Å². The summed E-state index contributed by atoms with van der Waals surface area (Å²) in [5.41, 5.74) is -0.890. The smallest absolute Gasteiger partial charge is 0.310 e. The molecule has 2 N–H and O–H groups in total. The predicted molar refractivity (Wildman–Crippen MR) is 62.5 cm³/mol. The number of rotatable bonds is 3. The van der Waals surface area contributed by atoms with E-state index in [0.717, 1.165) is 0 Å². The summed E-state index contributed by atoms with van der Waals surface area (Å²) in [4.78, 5) is 22.5. The first-order chi connectivity index (χ1) is 9.38. The second-order valence-corrected chi connectivity index (χ2v) is 4.39. The Balaban J connectivity index is 2.11. The molecule has 0 saturated carbocycles. The number of hydrogen-bond donors (Lipinski definition) is 2. The number of carbonyl (C=O) groups is 2. The van der Waals surface area contributed by atoms with Crippen LogP contribution in [0, 0.1) is 23.4 Å². The molecule has 0 heterocycles. The lowest BCUT2D eigenvalue weighted by molar-refractivity contribution is -0.140. The zero-order valence-corrected chi connectivity index (χ0v) is 10.1. The first-order valence-corrected chi connectivity index (χ1v) is 5.75. The van der Waals surface area contributed by atoms with Gasteiger partial charge in [-0.3, -0.25) is 9.59 Å². The van der Waals surface area contributed by atoms with Crippen LogP contribution in [0.3, 0.4) is 0 Å². The van der Waals surface area contributed by atoms with E-state index >= 15 is 0 Å². The second kappa shape index (κ2) is 5.36. The minimum atomic E-state index is -1.31. The fraction of sp³-hybridized carbons (Fsp3) is 0.231. The molecule has 2 atom stereocenters. The van der Waals surface area contributed by atoms with Crippen molar-refractivity contribution in [3.8, 4) is 0 Å². The van der Waals surface area contributed by atoms with Gasteiger partial charge in [-0.15, -0.1) is 0 Å². The van der Waals surface area contributed by atoms with Crippen LogP contribution in [-0.2, 0) is 4.79 Å². The molecule has 20 heavy (non-hydrogen) atoms. The number of nitrogens with one attached hydrogen (secondary N) is 1. The number of benzene rings is 1. The van der Waals surface area contributed by atoms with E-state index in [9.17, 15) is 22.8 Å². The third kappa shape index (κ3) is 2.81.